The quantitative estimate of drug-likeness (QED) is 0.753. The molecule has 118 valence electrons. The third-order valence-corrected chi connectivity index (χ3v) is 4.31. The molecule has 1 atom stereocenters. The van der Waals surface area contributed by atoms with E-state index < -0.39 is 0 Å². The van der Waals surface area contributed by atoms with Crippen LogP contribution in [0.4, 0.5) is 0 Å². The molecule has 0 amide bonds. The number of methoxy groups -OCH3 is 1. The molecule has 0 bridgehead atoms. The van der Waals surface area contributed by atoms with Crippen molar-refractivity contribution in [3.63, 3.8) is 0 Å². The van der Waals surface area contributed by atoms with Crippen LogP contribution in [0.15, 0.2) is 24.3 Å². The van der Waals surface area contributed by atoms with Gasteiger partial charge in [0.1, 0.15) is 5.75 Å². The third-order valence-electron chi connectivity index (χ3n) is 4.31. The Morgan fingerprint density at radius 2 is 1.90 bits per heavy atom. The van der Waals surface area contributed by atoms with Crippen LogP contribution in [-0.4, -0.2) is 37.7 Å². The van der Waals surface area contributed by atoms with Gasteiger partial charge in [-0.2, -0.15) is 0 Å². The van der Waals surface area contributed by atoms with Gasteiger partial charge in [0.25, 0.3) is 0 Å². The zero-order valence-electron chi connectivity index (χ0n) is 13.9. The number of benzene rings is 1. The van der Waals surface area contributed by atoms with E-state index in [4.69, 9.17) is 4.74 Å². The number of nitrogens with zero attached hydrogens (tertiary/aromatic N) is 1. The van der Waals surface area contributed by atoms with E-state index in [1.165, 1.54) is 24.9 Å². The van der Waals surface area contributed by atoms with Crippen molar-refractivity contribution in [2.24, 2.45) is 5.92 Å². The Labute approximate surface area is 129 Å². The number of likely N-dealkylation sites (N-methyl/N-ethyl adjacent to an activating group) is 1. The van der Waals surface area contributed by atoms with Crippen LogP contribution in [0.2, 0.25) is 0 Å². The lowest BCUT2D eigenvalue weighted by molar-refractivity contribution is 0.190. The minimum atomic E-state index is 0.391. The van der Waals surface area contributed by atoms with Crippen molar-refractivity contribution in [3.8, 4) is 5.75 Å². The molecule has 0 aromatic heterocycles. The smallest absolute Gasteiger partial charge is 0.118 e. The van der Waals surface area contributed by atoms with Crippen LogP contribution in [0, 0.1) is 5.92 Å². The van der Waals surface area contributed by atoms with E-state index in [9.17, 15) is 0 Å². The Hall–Kier alpha value is -1.06. The Morgan fingerprint density at radius 3 is 2.38 bits per heavy atom. The van der Waals surface area contributed by atoms with E-state index in [1.54, 1.807) is 7.11 Å². The Bertz CT molecular complexity index is 412. The van der Waals surface area contributed by atoms with Crippen molar-refractivity contribution in [3.05, 3.63) is 29.8 Å². The maximum absolute atomic E-state index is 5.26. The minimum absolute atomic E-state index is 0.391. The van der Waals surface area contributed by atoms with Crippen molar-refractivity contribution in [2.75, 3.05) is 26.7 Å². The molecule has 1 N–H and O–H groups in total. The number of rotatable bonds is 9. The van der Waals surface area contributed by atoms with Crippen molar-refractivity contribution in [1.29, 1.82) is 0 Å². The molecule has 1 aromatic rings. The summed E-state index contributed by atoms with van der Waals surface area (Å²) in [6.07, 6.45) is 2.83. The van der Waals surface area contributed by atoms with Gasteiger partial charge in [0.05, 0.1) is 7.11 Å². The number of ether oxygens (including phenoxy) is 1. The molecular formula is C18H30N2O. The topological polar surface area (TPSA) is 24.5 Å². The van der Waals surface area contributed by atoms with Gasteiger partial charge in [-0.25, -0.2) is 0 Å². The van der Waals surface area contributed by atoms with E-state index in [1.807, 2.05) is 0 Å². The van der Waals surface area contributed by atoms with E-state index in [2.05, 4.69) is 55.3 Å². The molecule has 3 heteroatoms. The maximum Gasteiger partial charge on any atom is 0.118 e. The van der Waals surface area contributed by atoms with Crippen LogP contribution < -0.4 is 10.1 Å². The van der Waals surface area contributed by atoms with Gasteiger partial charge in [-0.3, -0.25) is 4.90 Å². The van der Waals surface area contributed by atoms with Crippen LogP contribution in [0.25, 0.3) is 0 Å². The summed E-state index contributed by atoms with van der Waals surface area (Å²) in [7, 11) is 1.72. The van der Waals surface area contributed by atoms with Gasteiger partial charge < -0.3 is 10.1 Å². The Kier molecular flexibility index (Phi) is 6.07. The van der Waals surface area contributed by atoms with E-state index in [0.717, 1.165) is 24.8 Å². The van der Waals surface area contributed by atoms with E-state index >= 15 is 0 Å². The molecule has 0 saturated heterocycles. The standard InChI is InChI=1S/C18H30N2O/c1-5-19-18(16-8-10-17(21-4)11-9-16)13-20(14(2)3)12-15-6-7-15/h8-11,14-15,18-19H,5-7,12-13H2,1-4H3. The average Bonchev–Trinajstić information content (AvgIpc) is 3.30. The summed E-state index contributed by atoms with van der Waals surface area (Å²) in [5.41, 5.74) is 1.35. The summed E-state index contributed by atoms with van der Waals surface area (Å²) in [5, 5.41) is 3.63. The second-order valence-electron chi connectivity index (χ2n) is 6.37. The normalized spacial score (nSPS) is 16.5. The highest BCUT2D eigenvalue weighted by Gasteiger charge is 2.27. The number of hydrogen-bond acceptors (Lipinski definition) is 3. The first-order chi connectivity index (χ1) is 10.1. The van der Waals surface area contributed by atoms with Gasteiger partial charge in [0.15, 0.2) is 0 Å². The third kappa shape index (κ3) is 5.01. The molecule has 1 aromatic carbocycles. The fourth-order valence-electron chi connectivity index (χ4n) is 2.73. The zero-order valence-corrected chi connectivity index (χ0v) is 13.9. The fraction of sp³-hybridized carbons (Fsp3) is 0.667. The second kappa shape index (κ2) is 7.81. The summed E-state index contributed by atoms with van der Waals surface area (Å²) < 4.78 is 5.26. The summed E-state index contributed by atoms with van der Waals surface area (Å²) in [4.78, 5) is 2.62. The maximum atomic E-state index is 5.26. The molecule has 0 aliphatic heterocycles. The minimum Gasteiger partial charge on any atom is -0.497 e. The van der Waals surface area contributed by atoms with Gasteiger partial charge in [-0.1, -0.05) is 19.1 Å². The molecule has 1 saturated carbocycles. The highest BCUT2D eigenvalue weighted by molar-refractivity contribution is 5.29. The summed E-state index contributed by atoms with van der Waals surface area (Å²) in [6, 6.07) is 9.47. The number of hydrogen-bond donors (Lipinski definition) is 1. The van der Waals surface area contributed by atoms with Crippen LogP contribution in [-0.2, 0) is 0 Å². The van der Waals surface area contributed by atoms with Crippen LogP contribution >= 0.6 is 0 Å². The van der Waals surface area contributed by atoms with Gasteiger partial charge in [-0.05, 0) is 56.8 Å². The van der Waals surface area contributed by atoms with Gasteiger partial charge in [0, 0.05) is 25.2 Å². The largest absolute Gasteiger partial charge is 0.497 e. The molecule has 1 aliphatic carbocycles. The lowest BCUT2D eigenvalue weighted by Gasteiger charge is -2.31. The first-order valence-electron chi connectivity index (χ1n) is 8.25. The van der Waals surface area contributed by atoms with Crippen LogP contribution in [0.5, 0.6) is 5.75 Å². The SMILES string of the molecule is CCNC(CN(CC1CC1)C(C)C)c1ccc(OC)cc1. The van der Waals surface area contributed by atoms with Crippen molar-refractivity contribution in [1.82, 2.24) is 10.2 Å². The van der Waals surface area contributed by atoms with Gasteiger partial charge in [-0.15, -0.1) is 0 Å². The van der Waals surface area contributed by atoms with Crippen LogP contribution in [0.1, 0.15) is 45.2 Å². The molecule has 2 rings (SSSR count). The highest BCUT2D eigenvalue weighted by Crippen LogP contribution is 2.31. The molecular weight excluding hydrogens is 260 g/mol. The molecule has 1 aliphatic rings. The Balaban J connectivity index is 2.04. The Morgan fingerprint density at radius 1 is 1.24 bits per heavy atom. The molecule has 1 fully saturated rings. The lowest BCUT2D eigenvalue weighted by atomic mass is 10.0. The summed E-state index contributed by atoms with van der Waals surface area (Å²) in [5.74, 6) is 1.86. The van der Waals surface area contributed by atoms with Crippen LogP contribution in [0.3, 0.4) is 0 Å². The predicted octanol–water partition coefficient (Wildman–Crippen LogP) is 3.47. The van der Waals surface area contributed by atoms with Gasteiger partial charge in [0.2, 0.25) is 0 Å². The molecule has 3 nitrogen and oxygen atoms in total. The second-order valence-corrected chi connectivity index (χ2v) is 6.37. The van der Waals surface area contributed by atoms with E-state index in [-0.39, 0.29) is 0 Å². The van der Waals surface area contributed by atoms with Crippen molar-refractivity contribution < 1.29 is 4.74 Å². The van der Waals surface area contributed by atoms with E-state index in [0.29, 0.717) is 12.1 Å². The fourth-order valence-corrected chi connectivity index (χ4v) is 2.73. The van der Waals surface area contributed by atoms with Crippen molar-refractivity contribution >= 4 is 0 Å². The van der Waals surface area contributed by atoms with Crippen molar-refractivity contribution in [2.45, 2.75) is 45.7 Å². The first kappa shape index (κ1) is 16.3. The highest BCUT2D eigenvalue weighted by atomic mass is 16.5. The molecule has 0 radical (unpaired) electrons. The lowest BCUT2D eigenvalue weighted by Crippen LogP contribution is -2.40. The first-order valence-corrected chi connectivity index (χ1v) is 8.25. The summed E-state index contributed by atoms with van der Waals surface area (Å²) in [6.45, 7) is 10.1. The summed E-state index contributed by atoms with van der Waals surface area (Å²) >= 11 is 0. The molecule has 0 spiro atoms. The average molecular weight is 290 g/mol. The predicted molar refractivity (Wildman–Crippen MR) is 88.8 cm³/mol. The zero-order chi connectivity index (χ0) is 15.2. The monoisotopic (exact) mass is 290 g/mol. The molecule has 1 unspecified atom stereocenters. The molecule has 0 heterocycles. The molecule has 21 heavy (non-hydrogen) atoms. The van der Waals surface area contributed by atoms with Gasteiger partial charge >= 0.3 is 0 Å². The number of nitrogens with one attached hydrogen (secondary N) is 1.